The summed E-state index contributed by atoms with van der Waals surface area (Å²) >= 11 is 0. The van der Waals surface area contributed by atoms with Crippen LogP contribution in [0.2, 0.25) is 0 Å². The van der Waals surface area contributed by atoms with Gasteiger partial charge in [-0.3, -0.25) is 15.7 Å². The first kappa shape index (κ1) is 23.5. The number of nitrogens with one attached hydrogen (secondary N) is 2. The fourth-order valence-electron chi connectivity index (χ4n) is 3.71. The Morgan fingerprint density at radius 1 is 1.06 bits per heavy atom. The summed E-state index contributed by atoms with van der Waals surface area (Å²) in [5.74, 6) is 1.77. The van der Waals surface area contributed by atoms with Gasteiger partial charge in [0.25, 0.3) is 0 Å². The predicted octanol–water partition coefficient (Wildman–Crippen LogP) is 1.52. The van der Waals surface area contributed by atoms with Crippen molar-refractivity contribution in [3.63, 3.8) is 0 Å². The van der Waals surface area contributed by atoms with Gasteiger partial charge in [-0.05, 0) is 24.7 Å². The third kappa shape index (κ3) is 6.03. The fourth-order valence-corrected chi connectivity index (χ4v) is 3.71. The lowest BCUT2D eigenvalue weighted by atomic mass is 10.1. The van der Waals surface area contributed by atoms with Gasteiger partial charge in [-0.1, -0.05) is 18.2 Å². The summed E-state index contributed by atoms with van der Waals surface area (Å²) in [6, 6.07) is 10.9. The summed E-state index contributed by atoms with van der Waals surface area (Å²) in [6.45, 7) is 5.82. The summed E-state index contributed by atoms with van der Waals surface area (Å²) in [7, 11) is 3.66. The molecule has 1 aliphatic rings. The molecule has 0 radical (unpaired) electrons. The molecule has 1 fully saturated rings. The molecular weight excluding hydrogens is 432 g/mol. The Morgan fingerprint density at radius 2 is 1.82 bits per heavy atom. The Hall–Kier alpha value is -3.63. The van der Waals surface area contributed by atoms with Crippen LogP contribution in [-0.4, -0.2) is 88.9 Å². The van der Waals surface area contributed by atoms with E-state index in [1.54, 1.807) is 24.5 Å². The molecule has 1 saturated heterocycles. The van der Waals surface area contributed by atoms with Crippen LogP contribution in [0.1, 0.15) is 5.56 Å². The average Bonchev–Trinajstić information content (AvgIpc) is 2.86. The van der Waals surface area contributed by atoms with E-state index in [9.17, 15) is 0 Å². The van der Waals surface area contributed by atoms with Gasteiger partial charge in [0.2, 0.25) is 5.88 Å². The molecule has 0 amide bonds. The third-order valence-corrected chi connectivity index (χ3v) is 5.73. The molecule has 0 aliphatic carbocycles. The minimum Gasteiger partial charge on any atom is -0.489 e. The van der Waals surface area contributed by atoms with Crippen LogP contribution >= 0.6 is 0 Å². The fraction of sp³-hybridized carbons (Fsp3) is 0.375. The largest absolute Gasteiger partial charge is 0.489 e. The Labute approximate surface area is 198 Å². The lowest BCUT2D eigenvalue weighted by Crippen LogP contribution is -2.45. The van der Waals surface area contributed by atoms with E-state index in [1.165, 1.54) is 11.8 Å². The van der Waals surface area contributed by atoms with Crippen molar-refractivity contribution in [2.75, 3.05) is 53.5 Å². The maximum Gasteiger partial charge on any atom is 0.231 e. The molecule has 2 N–H and O–H groups in total. The molecule has 4 rings (SSSR count). The summed E-state index contributed by atoms with van der Waals surface area (Å²) in [5.41, 5.74) is 1.87. The van der Waals surface area contributed by atoms with Crippen molar-refractivity contribution < 1.29 is 9.47 Å². The smallest absolute Gasteiger partial charge is 0.231 e. The number of ether oxygens (including phenoxy) is 2. The second-order valence-electron chi connectivity index (χ2n) is 8.23. The van der Waals surface area contributed by atoms with Crippen LogP contribution in [-0.2, 0) is 6.42 Å². The van der Waals surface area contributed by atoms with E-state index >= 15 is 0 Å². The highest BCUT2D eigenvalue weighted by Crippen LogP contribution is 2.18. The summed E-state index contributed by atoms with van der Waals surface area (Å²) < 4.78 is 12.2. The summed E-state index contributed by atoms with van der Waals surface area (Å²) in [6.07, 6.45) is 3.70. The number of rotatable bonds is 8. The molecule has 0 unspecified atom stereocenters. The normalized spacial score (nSPS) is 14.6. The van der Waals surface area contributed by atoms with Crippen LogP contribution in [0.3, 0.4) is 0 Å². The number of likely N-dealkylation sites (N-methyl/N-ethyl adjacent to an activating group) is 1. The second-order valence-corrected chi connectivity index (χ2v) is 8.23. The number of methoxy groups -OCH3 is 1. The van der Waals surface area contributed by atoms with E-state index in [4.69, 9.17) is 20.3 Å². The molecule has 3 heterocycles. The van der Waals surface area contributed by atoms with Gasteiger partial charge in [-0.15, -0.1) is 5.10 Å². The van der Waals surface area contributed by atoms with Crippen LogP contribution in [0.5, 0.6) is 11.6 Å². The third-order valence-electron chi connectivity index (χ3n) is 5.73. The van der Waals surface area contributed by atoms with Crippen LogP contribution in [0.25, 0.3) is 11.4 Å². The first-order valence-electron chi connectivity index (χ1n) is 11.2. The molecule has 178 valence electrons. The molecule has 1 aliphatic heterocycles. The lowest BCUT2D eigenvalue weighted by Gasteiger charge is -2.32. The highest BCUT2D eigenvalue weighted by atomic mass is 16.5. The molecule has 34 heavy (non-hydrogen) atoms. The van der Waals surface area contributed by atoms with Gasteiger partial charge in [0.05, 0.1) is 19.5 Å². The lowest BCUT2D eigenvalue weighted by molar-refractivity contribution is 0.133. The average molecular weight is 463 g/mol. The number of benzene rings is 1. The maximum absolute atomic E-state index is 8.40. The zero-order chi connectivity index (χ0) is 23.9. The molecule has 0 bridgehead atoms. The second kappa shape index (κ2) is 11.0. The SMILES string of the molecule is COc1ccc(=N)n(C(=N)Cc2cccc(-c3ncc(OCCN4CCN(C)CC4)cn3)c2)n1. The zero-order valence-corrected chi connectivity index (χ0v) is 19.6. The standard InChI is InChI=1S/C24H30N8O2/c1-30-8-10-31(11-9-30)12-13-34-20-16-27-24(28-17-20)19-5-3-4-18(14-19)15-22(26)32-21(25)6-7-23(29-32)33-2/h3-7,14,16-17,25-26H,8-13,15H2,1-2H3. The number of nitrogens with zero attached hydrogens (tertiary/aromatic N) is 6. The van der Waals surface area contributed by atoms with Crippen LogP contribution in [0.15, 0.2) is 48.8 Å². The highest BCUT2D eigenvalue weighted by Gasteiger charge is 2.13. The topological polar surface area (TPSA) is 116 Å². The molecule has 1 aromatic carbocycles. The Balaban J connectivity index is 1.36. The van der Waals surface area contributed by atoms with Gasteiger partial charge in [0, 0.05) is 50.8 Å². The van der Waals surface area contributed by atoms with Gasteiger partial charge < -0.3 is 14.4 Å². The van der Waals surface area contributed by atoms with E-state index in [-0.39, 0.29) is 11.3 Å². The van der Waals surface area contributed by atoms with E-state index < -0.39 is 0 Å². The first-order valence-corrected chi connectivity index (χ1v) is 11.2. The zero-order valence-electron chi connectivity index (χ0n) is 19.6. The minimum atomic E-state index is 0.119. The van der Waals surface area contributed by atoms with Gasteiger partial charge in [0.15, 0.2) is 11.6 Å². The maximum atomic E-state index is 8.40. The van der Waals surface area contributed by atoms with E-state index in [0.717, 1.165) is 43.9 Å². The first-order chi connectivity index (χ1) is 16.5. The predicted molar refractivity (Wildman–Crippen MR) is 128 cm³/mol. The molecule has 3 aromatic rings. The number of hydrogen-bond acceptors (Lipinski definition) is 9. The van der Waals surface area contributed by atoms with Gasteiger partial charge in [0.1, 0.15) is 17.9 Å². The van der Waals surface area contributed by atoms with E-state index in [2.05, 4.69) is 31.9 Å². The van der Waals surface area contributed by atoms with Crippen molar-refractivity contribution in [3.05, 3.63) is 59.8 Å². The van der Waals surface area contributed by atoms with Crippen molar-refractivity contribution in [1.82, 2.24) is 29.5 Å². The quantitative estimate of drug-likeness (QED) is 0.385. The van der Waals surface area contributed by atoms with Crippen molar-refractivity contribution in [3.8, 4) is 23.0 Å². The molecule has 0 atom stereocenters. The molecule has 2 aromatic heterocycles. The number of aromatic nitrogens is 4. The van der Waals surface area contributed by atoms with E-state index in [1.807, 2.05) is 24.3 Å². The van der Waals surface area contributed by atoms with Crippen molar-refractivity contribution in [1.29, 1.82) is 10.8 Å². The Kier molecular flexibility index (Phi) is 7.61. The summed E-state index contributed by atoms with van der Waals surface area (Å²) in [4.78, 5) is 13.7. The van der Waals surface area contributed by atoms with Crippen LogP contribution in [0, 0.1) is 10.8 Å². The minimum absolute atomic E-state index is 0.119. The number of piperazine rings is 1. The monoisotopic (exact) mass is 462 g/mol. The highest BCUT2D eigenvalue weighted by molar-refractivity contribution is 5.83. The van der Waals surface area contributed by atoms with Crippen LogP contribution in [0.4, 0.5) is 0 Å². The van der Waals surface area contributed by atoms with Gasteiger partial charge >= 0.3 is 0 Å². The molecule has 0 saturated carbocycles. The summed E-state index contributed by atoms with van der Waals surface area (Å²) in [5, 5.41) is 20.6. The van der Waals surface area contributed by atoms with Crippen molar-refractivity contribution in [2.24, 2.45) is 0 Å². The van der Waals surface area contributed by atoms with Crippen LogP contribution < -0.4 is 15.0 Å². The Morgan fingerprint density at radius 3 is 2.56 bits per heavy atom. The van der Waals surface area contributed by atoms with Gasteiger partial charge in [-0.2, -0.15) is 4.68 Å². The molecule has 10 nitrogen and oxygen atoms in total. The number of hydrogen-bond donors (Lipinski definition) is 2. The molecular formula is C24H30N8O2. The molecule has 10 heteroatoms. The molecule has 0 spiro atoms. The van der Waals surface area contributed by atoms with Crippen molar-refractivity contribution >= 4 is 5.84 Å². The Bertz CT molecular complexity index is 1170. The van der Waals surface area contributed by atoms with Gasteiger partial charge in [-0.25, -0.2) is 9.97 Å². The van der Waals surface area contributed by atoms with E-state index in [0.29, 0.717) is 30.5 Å². The van der Waals surface area contributed by atoms with Crippen molar-refractivity contribution in [2.45, 2.75) is 6.42 Å².